The van der Waals surface area contributed by atoms with Gasteiger partial charge in [0.2, 0.25) is 0 Å². The number of halogens is 1. The first-order valence-electron chi connectivity index (χ1n) is 11.0. The Labute approximate surface area is 220 Å². The Balaban J connectivity index is 1.51. The molecule has 0 atom stereocenters. The quantitative estimate of drug-likeness (QED) is 0.228. The van der Waals surface area contributed by atoms with E-state index in [1.54, 1.807) is 37.3 Å². The molecule has 1 aliphatic heterocycles. The van der Waals surface area contributed by atoms with E-state index in [1.165, 1.54) is 36.4 Å². The number of nitro groups is 1. The topological polar surface area (TPSA) is 123 Å². The van der Waals surface area contributed by atoms with Crippen molar-refractivity contribution in [2.75, 3.05) is 24.0 Å². The van der Waals surface area contributed by atoms with Crippen LogP contribution in [0.3, 0.4) is 0 Å². The van der Waals surface area contributed by atoms with Gasteiger partial charge >= 0.3 is 0 Å². The first-order chi connectivity index (χ1) is 17.8. The Hall–Kier alpha value is -4.51. The number of hydrogen-bond donors (Lipinski definition) is 1. The van der Waals surface area contributed by atoms with Crippen molar-refractivity contribution in [2.24, 2.45) is 5.10 Å². The largest absolute Gasteiger partial charge is 0.493 e. The molecule has 10 nitrogen and oxygen atoms in total. The molecule has 0 saturated carbocycles. The van der Waals surface area contributed by atoms with Gasteiger partial charge in [-0.2, -0.15) is 10.1 Å². The summed E-state index contributed by atoms with van der Waals surface area (Å²) in [6, 6.07) is 18.0. The number of amides is 2. The van der Waals surface area contributed by atoms with Crippen LogP contribution in [-0.4, -0.2) is 36.2 Å². The Morgan fingerprint density at radius 1 is 1.16 bits per heavy atom. The van der Waals surface area contributed by atoms with Gasteiger partial charge in [-0.1, -0.05) is 18.2 Å². The average Bonchev–Trinajstić information content (AvgIpc) is 3.16. The molecule has 0 aromatic heterocycles. The number of ether oxygens (including phenoxy) is 2. The molecule has 1 heterocycles. The molecule has 0 radical (unpaired) electrons. The summed E-state index contributed by atoms with van der Waals surface area (Å²) >= 11 is 3.46. The van der Waals surface area contributed by atoms with E-state index in [-0.39, 0.29) is 24.1 Å². The van der Waals surface area contributed by atoms with Crippen LogP contribution >= 0.6 is 15.9 Å². The Bertz CT molecular complexity index is 1420. The molecule has 1 N–H and O–H groups in total. The molecule has 11 heteroatoms. The lowest BCUT2D eigenvalue weighted by Gasteiger charge is -2.14. The van der Waals surface area contributed by atoms with Crippen LogP contribution in [0, 0.1) is 10.1 Å². The van der Waals surface area contributed by atoms with E-state index in [9.17, 15) is 19.7 Å². The highest BCUT2D eigenvalue weighted by Crippen LogP contribution is 2.38. The molecule has 4 rings (SSSR count). The number of anilines is 2. The van der Waals surface area contributed by atoms with Crippen LogP contribution in [0.25, 0.3) is 6.08 Å². The second-order valence-corrected chi connectivity index (χ2v) is 8.73. The van der Waals surface area contributed by atoms with Gasteiger partial charge in [-0.3, -0.25) is 19.7 Å². The highest BCUT2D eigenvalue weighted by molar-refractivity contribution is 9.10. The molecule has 0 spiro atoms. The van der Waals surface area contributed by atoms with Gasteiger partial charge in [-0.05, 0) is 70.9 Å². The number of hydrazone groups is 1. The molecule has 0 fully saturated rings. The van der Waals surface area contributed by atoms with Gasteiger partial charge in [0.05, 0.1) is 33.5 Å². The second kappa shape index (κ2) is 11.0. The Kier molecular flexibility index (Phi) is 7.63. The first-order valence-corrected chi connectivity index (χ1v) is 11.8. The molecule has 3 aromatic carbocycles. The fourth-order valence-corrected chi connectivity index (χ4v) is 4.14. The lowest BCUT2D eigenvalue weighted by Crippen LogP contribution is -2.21. The SMILES string of the molecule is COc1cc(C=C2C(=O)N(c3ccc([N+](=O)[O-])cc3)N=C2C)cc(Br)c1OCC(=O)Nc1ccccc1. The zero-order valence-electron chi connectivity index (χ0n) is 19.8. The van der Waals surface area contributed by atoms with Crippen molar-refractivity contribution in [3.8, 4) is 11.5 Å². The molecule has 0 saturated heterocycles. The van der Waals surface area contributed by atoms with E-state index in [4.69, 9.17) is 9.47 Å². The number of carbonyl (C=O) groups is 2. The van der Waals surface area contributed by atoms with Crippen molar-refractivity contribution < 1.29 is 24.0 Å². The number of nitrogens with zero attached hydrogens (tertiary/aromatic N) is 3. The van der Waals surface area contributed by atoms with Gasteiger partial charge in [0, 0.05) is 17.8 Å². The maximum absolute atomic E-state index is 13.1. The number of hydrogen-bond acceptors (Lipinski definition) is 7. The van der Waals surface area contributed by atoms with E-state index in [0.717, 1.165) is 0 Å². The van der Waals surface area contributed by atoms with Crippen molar-refractivity contribution in [1.82, 2.24) is 0 Å². The van der Waals surface area contributed by atoms with Gasteiger partial charge in [-0.25, -0.2) is 0 Å². The summed E-state index contributed by atoms with van der Waals surface area (Å²) in [6.07, 6.45) is 1.66. The number of para-hydroxylation sites is 1. The van der Waals surface area contributed by atoms with Crippen LogP contribution in [-0.2, 0) is 9.59 Å². The maximum atomic E-state index is 13.1. The summed E-state index contributed by atoms with van der Waals surface area (Å²) in [7, 11) is 1.47. The monoisotopic (exact) mass is 564 g/mol. The minimum absolute atomic E-state index is 0.0799. The number of benzene rings is 3. The van der Waals surface area contributed by atoms with E-state index in [1.807, 2.05) is 18.2 Å². The lowest BCUT2D eigenvalue weighted by molar-refractivity contribution is -0.384. The van der Waals surface area contributed by atoms with Crippen molar-refractivity contribution in [3.63, 3.8) is 0 Å². The van der Waals surface area contributed by atoms with Gasteiger partial charge in [0.25, 0.3) is 17.5 Å². The third-order valence-corrected chi connectivity index (χ3v) is 5.92. The predicted molar refractivity (Wildman–Crippen MR) is 143 cm³/mol. The standard InChI is InChI=1S/C26H21BrN4O6/c1-16-21(26(33)30(29-16)19-8-10-20(11-9-19)31(34)35)12-17-13-22(27)25(23(14-17)36-2)37-15-24(32)28-18-6-4-3-5-7-18/h3-14H,15H2,1-2H3,(H,28,32). The number of rotatable bonds is 8. The highest BCUT2D eigenvalue weighted by Gasteiger charge is 2.29. The zero-order chi connectivity index (χ0) is 26.5. The third kappa shape index (κ3) is 5.84. The van der Waals surface area contributed by atoms with E-state index < -0.39 is 4.92 Å². The summed E-state index contributed by atoms with van der Waals surface area (Å²) in [5.74, 6) is -0.00933. The third-order valence-electron chi connectivity index (χ3n) is 5.34. The van der Waals surface area contributed by atoms with Gasteiger partial charge in [0.1, 0.15) is 0 Å². The molecule has 0 bridgehead atoms. The fraction of sp³-hybridized carbons (Fsp3) is 0.115. The van der Waals surface area contributed by atoms with Crippen LogP contribution in [0.5, 0.6) is 11.5 Å². The lowest BCUT2D eigenvalue weighted by atomic mass is 10.1. The molecule has 3 aromatic rings. The fourth-order valence-electron chi connectivity index (χ4n) is 3.56. The predicted octanol–water partition coefficient (Wildman–Crippen LogP) is 5.19. The van der Waals surface area contributed by atoms with E-state index >= 15 is 0 Å². The van der Waals surface area contributed by atoms with Crippen molar-refractivity contribution >= 4 is 56.6 Å². The number of methoxy groups -OCH3 is 1. The Morgan fingerprint density at radius 3 is 2.51 bits per heavy atom. The second-order valence-electron chi connectivity index (χ2n) is 7.87. The first kappa shape index (κ1) is 25.6. The Morgan fingerprint density at radius 2 is 1.86 bits per heavy atom. The van der Waals surface area contributed by atoms with Gasteiger partial charge in [0.15, 0.2) is 18.1 Å². The summed E-state index contributed by atoms with van der Waals surface area (Å²) < 4.78 is 11.7. The minimum Gasteiger partial charge on any atom is -0.493 e. The number of carbonyl (C=O) groups excluding carboxylic acids is 2. The van der Waals surface area contributed by atoms with Crippen LogP contribution in [0.1, 0.15) is 12.5 Å². The molecule has 188 valence electrons. The molecule has 0 aliphatic carbocycles. The van der Waals surface area contributed by atoms with Crippen LogP contribution in [0.15, 0.2) is 81.9 Å². The van der Waals surface area contributed by atoms with Crippen LogP contribution in [0.4, 0.5) is 17.1 Å². The number of nitrogens with one attached hydrogen (secondary N) is 1. The van der Waals surface area contributed by atoms with Crippen LogP contribution in [0.2, 0.25) is 0 Å². The number of nitro benzene ring substituents is 1. The molecule has 37 heavy (non-hydrogen) atoms. The van der Waals surface area contributed by atoms with Gasteiger partial charge in [-0.15, -0.1) is 0 Å². The zero-order valence-corrected chi connectivity index (χ0v) is 21.4. The normalized spacial score (nSPS) is 13.9. The van der Waals surface area contributed by atoms with Crippen molar-refractivity contribution in [3.05, 3.63) is 92.5 Å². The molecule has 0 unspecified atom stereocenters. The van der Waals surface area contributed by atoms with Crippen molar-refractivity contribution in [2.45, 2.75) is 6.92 Å². The summed E-state index contributed by atoms with van der Waals surface area (Å²) in [5, 5.41) is 19.2. The highest BCUT2D eigenvalue weighted by atomic mass is 79.9. The van der Waals surface area contributed by atoms with Gasteiger partial charge < -0.3 is 14.8 Å². The smallest absolute Gasteiger partial charge is 0.280 e. The summed E-state index contributed by atoms with van der Waals surface area (Å²) in [5.41, 5.74) is 2.45. The minimum atomic E-state index is -0.510. The molecular weight excluding hydrogens is 544 g/mol. The number of non-ortho nitro benzene ring substituents is 1. The molecular formula is C26H21BrN4O6. The van der Waals surface area contributed by atoms with E-state index in [0.29, 0.717) is 44.2 Å². The maximum Gasteiger partial charge on any atom is 0.280 e. The van der Waals surface area contributed by atoms with E-state index in [2.05, 4.69) is 26.3 Å². The average molecular weight is 565 g/mol. The van der Waals surface area contributed by atoms with Crippen LogP contribution < -0.4 is 19.8 Å². The summed E-state index contributed by atoms with van der Waals surface area (Å²) in [4.78, 5) is 35.7. The molecule has 2 amide bonds. The molecule has 1 aliphatic rings. The summed E-state index contributed by atoms with van der Waals surface area (Å²) in [6.45, 7) is 1.46. The van der Waals surface area contributed by atoms with Crippen molar-refractivity contribution in [1.29, 1.82) is 0 Å².